The number of aryl methyl sites for hydroxylation is 2. The van der Waals surface area contributed by atoms with Crippen LogP contribution < -0.4 is 10.1 Å². The fourth-order valence-corrected chi connectivity index (χ4v) is 2.37. The molecule has 0 aliphatic heterocycles. The minimum Gasteiger partial charge on any atom is -0.482 e. The number of carboxylic acids is 1. The lowest BCUT2D eigenvalue weighted by Gasteiger charge is -2.14. The Labute approximate surface area is 141 Å². The number of amides is 1. The average molecular weight is 330 g/mol. The second kappa shape index (κ2) is 8.19. The van der Waals surface area contributed by atoms with Gasteiger partial charge in [-0.1, -0.05) is 6.07 Å². The van der Waals surface area contributed by atoms with E-state index in [0.717, 1.165) is 12.8 Å². The van der Waals surface area contributed by atoms with Crippen LogP contribution in [0.4, 0.5) is 0 Å². The van der Waals surface area contributed by atoms with E-state index < -0.39 is 12.6 Å². The van der Waals surface area contributed by atoms with Gasteiger partial charge in [0.2, 0.25) is 0 Å². The zero-order valence-electron chi connectivity index (χ0n) is 13.9. The van der Waals surface area contributed by atoms with Crippen molar-refractivity contribution < 1.29 is 19.4 Å². The molecular formula is C18H22N2O4. The summed E-state index contributed by atoms with van der Waals surface area (Å²) in [6.45, 7) is 1.53. The molecule has 128 valence electrons. The van der Waals surface area contributed by atoms with E-state index in [4.69, 9.17) is 9.84 Å². The Morgan fingerprint density at radius 2 is 2.08 bits per heavy atom. The van der Waals surface area contributed by atoms with E-state index in [9.17, 15) is 9.59 Å². The predicted octanol–water partition coefficient (Wildman–Crippen LogP) is 2.24. The van der Waals surface area contributed by atoms with E-state index in [-0.39, 0.29) is 11.9 Å². The molecule has 0 spiro atoms. The van der Waals surface area contributed by atoms with Gasteiger partial charge in [0.05, 0.1) is 0 Å². The van der Waals surface area contributed by atoms with Crippen molar-refractivity contribution in [3.05, 3.63) is 53.9 Å². The SMILES string of the molecule is CC(CCc1cccn1C)NC(=O)c1cccc(OCC(=O)O)c1. The Morgan fingerprint density at radius 3 is 2.75 bits per heavy atom. The van der Waals surface area contributed by atoms with E-state index in [1.165, 1.54) is 5.69 Å². The molecule has 2 N–H and O–H groups in total. The van der Waals surface area contributed by atoms with Gasteiger partial charge in [0.1, 0.15) is 5.75 Å². The fourth-order valence-electron chi connectivity index (χ4n) is 2.37. The summed E-state index contributed by atoms with van der Waals surface area (Å²) in [5, 5.41) is 11.6. The molecule has 2 rings (SSSR count). The maximum atomic E-state index is 12.3. The number of carboxylic acid groups (broad SMARTS) is 1. The first-order chi connectivity index (χ1) is 11.5. The van der Waals surface area contributed by atoms with Crippen LogP contribution in [-0.2, 0) is 18.3 Å². The van der Waals surface area contributed by atoms with E-state index >= 15 is 0 Å². The second-order valence-corrected chi connectivity index (χ2v) is 5.73. The number of carbonyl (C=O) groups excluding carboxylic acids is 1. The summed E-state index contributed by atoms with van der Waals surface area (Å²) in [7, 11) is 2.00. The summed E-state index contributed by atoms with van der Waals surface area (Å²) in [5.41, 5.74) is 1.67. The number of nitrogens with zero attached hydrogens (tertiary/aromatic N) is 1. The predicted molar refractivity (Wildman–Crippen MR) is 90.2 cm³/mol. The fraction of sp³-hybridized carbons (Fsp3) is 0.333. The molecule has 0 bridgehead atoms. The maximum absolute atomic E-state index is 12.3. The molecule has 1 aromatic carbocycles. The molecule has 2 aromatic rings. The van der Waals surface area contributed by atoms with Crippen LogP contribution in [0.3, 0.4) is 0 Å². The topological polar surface area (TPSA) is 80.6 Å². The van der Waals surface area contributed by atoms with Gasteiger partial charge in [0.15, 0.2) is 6.61 Å². The summed E-state index contributed by atoms with van der Waals surface area (Å²) in [6, 6.07) is 10.6. The Kier molecular flexibility index (Phi) is 6.01. The number of carbonyl (C=O) groups is 2. The van der Waals surface area contributed by atoms with Crippen molar-refractivity contribution in [3.63, 3.8) is 0 Å². The molecule has 0 aliphatic carbocycles. The zero-order valence-corrected chi connectivity index (χ0v) is 13.9. The standard InChI is InChI=1S/C18H22N2O4/c1-13(8-9-15-6-4-10-20(15)2)19-18(23)14-5-3-7-16(11-14)24-12-17(21)22/h3-7,10-11,13H,8-9,12H2,1-2H3,(H,19,23)(H,21,22). The van der Waals surface area contributed by atoms with Gasteiger partial charge in [-0.05, 0) is 50.1 Å². The zero-order chi connectivity index (χ0) is 17.5. The lowest BCUT2D eigenvalue weighted by atomic mass is 10.1. The molecular weight excluding hydrogens is 308 g/mol. The van der Waals surface area contributed by atoms with E-state index in [0.29, 0.717) is 11.3 Å². The van der Waals surface area contributed by atoms with Crippen molar-refractivity contribution in [1.29, 1.82) is 0 Å². The van der Waals surface area contributed by atoms with Crippen molar-refractivity contribution in [2.75, 3.05) is 6.61 Å². The first-order valence-corrected chi connectivity index (χ1v) is 7.81. The van der Waals surface area contributed by atoms with Gasteiger partial charge in [-0.15, -0.1) is 0 Å². The largest absolute Gasteiger partial charge is 0.482 e. The molecule has 24 heavy (non-hydrogen) atoms. The van der Waals surface area contributed by atoms with Crippen LogP contribution in [0.2, 0.25) is 0 Å². The summed E-state index contributed by atoms with van der Waals surface area (Å²) < 4.78 is 7.16. The molecule has 0 saturated carbocycles. The van der Waals surface area contributed by atoms with Crippen molar-refractivity contribution in [2.24, 2.45) is 7.05 Å². The first-order valence-electron chi connectivity index (χ1n) is 7.81. The Morgan fingerprint density at radius 1 is 1.29 bits per heavy atom. The van der Waals surface area contributed by atoms with E-state index in [1.807, 2.05) is 26.2 Å². The number of nitrogens with one attached hydrogen (secondary N) is 1. The summed E-state index contributed by atoms with van der Waals surface area (Å²) in [4.78, 5) is 22.8. The molecule has 1 aromatic heterocycles. The van der Waals surface area contributed by atoms with Gasteiger partial charge in [0, 0.05) is 30.5 Å². The molecule has 6 heteroatoms. The first kappa shape index (κ1) is 17.6. The summed E-state index contributed by atoms with van der Waals surface area (Å²) in [6.07, 6.45) is 3.71. The highest BCUT2D eigenvalue weighted by Gasteiger charge is 2.11. The third-order valence-corrected chi connectivity index (χ3v) is 3.72. The van der Waals surface area contributed by atoms with Gasteiger partial charge in [-0.3, -0.25) is 4.79 Å². The van der Waals surface area contributed by atoms with Crippen molar-refractivity contribution in [3.8, 4) is 5.75 Å². The van der Waals surface area contributed by atoms with Gasteiger partial charge >= 0.3 is 5.97 Å². The highest BCUT2D eigenvalue weighted by molar-refractivity contribution is 5.94. The summed E-state index contributed by atoms with van der Waals surface area (Å²) in [5.74, 6) is -0.893. The second-order valence-electron chi connectivity index (χ2n) is 5.73. The Balaban J connectivity index is 1.88. The minimum atomic E-state index is -1.06. The number of benzene rings is 1. The number of hydrogen-bond donors (Lipinski definition) is 2. The smallest absolute Gasteiger partial charge is 0.341 e. The van der Waals surface area contributed by atoms with Crippen LogP contribution >= 0.6 is 0 Å². The summed E-state index contributed by atoms with van der Waals surface area (Å²) >= 11 is 0. The number of ether oxygens (including phenoxy) is 1. The minimum absolute atomic E-state index is 0.0241. The van der Waals surface area contributed by atoms with Gasteiger partial charge in [0.25, 0.3) is 5.91 Å². The van der Waals surface area contributed by atoms with Gasteiger partial charge in [-0.25, -0.2) is 4.79 Å². The monoisotopic (exact) mass is 330 g/mol. The van der Waals surface area contributed by atoms with Crippen LogP contribution in [0.5, 0.6) is 5.75 Å². The van der Waals surface area contributed by atoms with Gasteiger partial charge < -0.3 is 19.7 Å². The molecule has 1 heterocycles. The maximum Gasteiger partial charge on any atom is 0.341 e. The molecule has 0 aliphatic rings. The number of aliphatic carboxylic acids is 1. The lowest BCUT2D eigenvalue weighted by molar-refractivity contribution is -0.139. The molecule has 1 unspecified atom stereocenters. The quantitative estimate of drug-likeness (QED) is 0.778. The van der Waals surface area contributed by atoms with Crippen molar-refractivity contribution >= 4 is 11.9 Å². The number of aromatic nitrogens is 1. The van der Waals surface area contributed by atoms with Gasteiger partial charge in [-0.2, -0.15) is 0 Å². The molecule has 6 nitrogen and oxygen atoms in total. The highest BCUT2D eigenvalue weighted by atomic mass is 16.5. The number of rotatable bonds is 8. The highest BCUT2D eigenvalue weighted by Crippen LogP contribution is 2.14. The third-order valence-electron chi connectivity index (χ3n) is 3.72. The molecule has 1 amide bonds. The van der Waals surface area contributed by atoms with E-state index in [2.05, 4.69) is 16.0 Å². The van der Waals surface area contributed by atoms with E-state index in [1.54, 1.807) is 24.3 Å². The van der Waals surface area contributed by atoms with Crippen LogP contribution in [0.15, 0.2) is 42.6 Å². The lowest BCUT2D eigenvalue weighted by Crippen LogP contribution is -2.33. The van der Waals surface area contributed by atoms with Crippen LogP contribution in [0.1, 0.15) is 29.4 Å². The van der Waals surface area contributed by atoms with Crippen LogP contribution in [0.25, 0.3) is 0 Å². The molecule has 0 saturated heterocycles. The van der Waals surface area contributed by atoms with Crippen LogP contribution in [0, 0.1) is 0 Å². The average Bonchev–Trinajstić information content (AvgIpc) is 2.96. The third kappa shape index (κ3) is 5.15. The number of hydrogen-bond acceptors (Lipinski definition) is 3. The van der Waals surface area contributed by atoms with Crippen molar-refractivity contribution in [1.82, 2.24) is 9.88 Å². The van der Waals surface area contributed by atoms with Crippen molar-refractivity contribution in [2.45, 2.75) is 25.8 Å². The van der Waals surface area contributed by atoms with Crippen LogP contribution in [-0.4, -0.2) is 34.2 Å². The Hall–Kier alpha value is -2.76. The molecule has 0 fully saturated rings. The normalized spacial score (nSPS) is 11.8. The Bertz CT molecular complexity index is 709. The molecule has 1 atom stereocenters. The molecule has 0 radical (unpaired) electrons.